The molecular formula is C16H17NO. The number of hydrogen-bond donors (Lipinski definition) is 0. The Kier molecular flexibility index (Phi) is 3.26. The van der Waals surface area contributed by atoms with Crippen LogP contribution in [0.2, 0.25) is 0 Å². The van der Waals surface area contributed by atoms with Crippen LogP contribution in [0.5, 0.6) is 5.75 Å². The summed E-state index contributed by atoms with van der Waals surface area (Å²) < 4.78 is 6.10. The molecule has 1 aromatic carbocycles. The Morgan fingerprint density at radius 2 is 2.06 bits per heavy atom. The fourth-order valence-corrected chi connectivity index (χ4v) is 2.38. The summed E-state index contributed by atoms with van der Waals surface area (Å²) in [6.07, 6.45) is 11.2. The second kappa shape index (κ2) is 5.21. The van der Waals surface area contributed by atoms with Gasteiger partial charge in [-0.15, -0.1) is 0 Å². The van der Waals surface area contributed by atoms with E-state index in [2.05, 4.69) is 29.3 Å². The van der Waals surface area contributed by atoms with Gasteiger partial charge in [0.2, 0.25) is 0 Å². The summed E-state index contributed by atoms with van der Waals surface area (Å²) in [5.74, 6) is 0.893. The van der Waals surface area contributed by atoms with E-state index >= 15 is 0 Å². The van der Waals surface area contributed by atoms with Crippen molar-refractivity contribution in [3.8, 4) is 5.75 Å². The Balaban J connectivity index is 1.90. The smallest absolute Gasteiger partial charge is 0.146 e. The first-order chi connectivity index (χ1) is 8.93. The van der Waals surface area contributed by atoms with Crippen molar-refractivity contribution in [2.24, 2.45) is 0 Å². The predicted molar refractivity (Wildman–Crippen MR) is 73.8 cm³/mol. The maximum atomic E-state index is 6.10. The van der Waals surface area contributed by atoms with E-state index in [1.54, 1.807) is 0 Å². The van der Waals surface area contributed by atoms with Crippen molar-refractivity contribution in [2.45, 2.75) is 31.8 Å². The summed E-state index contributed by atoms with van der Waals surface area (Å²) in [5, 5.41) is 1.13. The number of nitrogens with zero attached hydrogens (tertiary/aromatic N) is 1. The van der Waals surface area contributed by atoms with Crippen LogP contribution >= 0.6 is 0 Å². The van der Waals surface area contributed by atoms with Gasteiger partial charge in [-0.1, -0.05) is 24.3 Å². The zero-order chi connectivity index (χ0) is 12.2. The Morgan fingerprint density at radius 1 is 1.11 bits per heavy atom. The highest BCUT2D eigenvalue weighted by Crippen LogP contribution is 2.26. The third kappa shape index (κ3) is 2.37. The highest BCUT2D eigenvalue weighted by atomic mass is 16.5. The van der Waals surface area contributed by atoms with Crippen LogP contribution in [0, 0.1) is 0 Å². The number of fused-ring (bicyclic) bond motifs is 1. The number of pyridine rings is 1. The topological polar surface area (TPSA) is 22.1 Å². The molecule has 2 nitrogen and oxygen atoms in total. The lowest BCUT2D eigenvalue weighted by Gasteiger charge is -2.15. The van der Waals surface area contributed by atoms with Gasteiger partial charge >= 0.3 is 0 Å². The molecule has 0 fully saturated rings. The van der Waals surface area contributed by atoms with Crippen LogP contribution in [0.1, 0.15) is 25.7 Å². The molecule has 1 heterocycles. The molecule has 0 saturated carbocycles. The number of para-hydroxylation sites is 1. The van der Waals surface area contributed by atoms with Gasteiger partial charge in [0, 0.05) is 11.6 Å². The van der Waals surface area contributed by atoms with Gasteiger partial charge in [-0.3, -0.25) is 4.98 Å². The molecule has 2 heteroatoms. The Bertz CT molecular complexity index is 557. The van der Waals surface area contributed by atoms with E-state index < -0.39 is 0 Å². The molecule has 0 bridgehead atoms. The maximum absolute atomic E-state index is 6.10. The van der Waals surface area contributed by atoms with E-state index in [1.165, 1.54) is 19.3 Å². The molecule has 1 atom stereocenters. The normalized spacial score (nSPS) is 19.7. The Labute approximate surface area is 107 Å². The second-order valence-electron chi connectivity index (χ2n) is 4.70. The van der Waals surface area contributed by atoms with E-state index in [-0.39, 0.29) is 6.10 Å². The molecule has 1 aromatic heterocycles. The minimum absolute atomic E-state index is 0.195. The third-order valence-electron chi connectivity index (χ3n) is 3.33. The lowest BCUT2D eigenvalue weighted by atomic mass is 10.1. The van der Waals surface area contributed by atoms with E-state index in [4.69, 9.17) is 4.74 Å². The number of allylic oxidation sites excluding steroid dienone is 1. The van der Waals surface area contributed by atoms with Crippen LogP contribution in [-0.2, 0) is 0 Å². The van der Waals surface area contributed by atoms with Gasteiger partial charge in [0.05, 0.1) is 0 Å². The van der Waals surface area contributed by atoms with Gasteiger partial charge in [-0.25, -0.2) is 0 Å². The minimum Gasteiger partial charge on any atom is -0.484 e. The molecule has 0 saturated heterocycles. The summed E-state index contributed by atoms with van der Waals surface area (Å²) in [5.41, 5.74) is 0.956. The number of hydrogen-bond acceptors (Lipinski definition) is 2. The van der Waals surface area contributed by atoms with E-state index in [0.29, 0.717) is 0 Å². The van der Waals surface area contributed by atoms with Gasteiger partial charge in [0.25, 0.3) is 0 Å². The van der Waals surface area contributed by atoms with Crippen molar-refractivity contribution in [1.82, 2.24) is 4.98 Å². The molecule has 18 heavy (non-hydrogen) atoms. The average molecular weight is 239 g/mol. The summed E-state index contributed by atoms with van der Waals surface area (Å²) >= 11 is 0. The van der Waals surface area contributed by atoms with Crippen molar-refractivity contribution in [1.29, 1.82) is 0 Å². The predicted octanol–water partition coefficient (Wildman–Crippen LogP) is 4.11. The van der Waals surface area contributed by atoms with Crippen molar-refractivity contribution in [2.75, 3.05) is 0 Å². The van der Waals surface area contributed by atoms with Crippen LogP contribution in [0.25, 0.3) is 10.9 Å². The minimum atomic E-state index is 0.195. The highest BCUT2D eigenvalue weighted by Gasteiger charge is 2.11. The third-order valence-corrected chi connectivity index (χ3v) is 3.33. The van der Waals surface area contributed by atoms with Crippen LogP contribution in [-0.4, -0.2) is 11.1 Å². The summed E-state index contributed by atoms with van der Waals surface area (Å²) in [6, 6.07) is 10.1. The van der Waals surface area contributed by atoms with Crippen LogP contribution in [0.15, 0.2) is 48.7 Å². The first-order valence-electron chi connectivity index (χ1n) is 6.60. The first-order valence-corrected chi connectivity index (χ1v) is 6.60. The fourth-order valence-electron chi connectivity index (χ4n) is 2.38. The average Bonchev–Trinajstić information content (AvgIpc) is 2.68. The largest absolute Gasteiger partial charge is 0.484 e. The number of rotatable bonds is 2. The molecule has 0 spiro atoms. The van der Waals surface area contributed by atoms with Gasteiger partial charge in [0.15, 0.2) is 0 Å². The first kappa shape index (κ1) is 11.3. The molecule has 2 aromatic rings. The van der Waals surface area contributed by atoms with Gasteiger partial charge < -0.3 is 4.74 Å². The number of benzene rings is 1. The molecule has 0 N–H and O–H groups in total. The monoisotopic (exact) mass is 239 g/mol. The molecule has 3 rings (SSSR count). The number of aromatic nitrogens is 1. The molecule has 1 aliphatic carbocycles. The van der Waals surface area contributed by atoms with Gasteiger partial charge in [-0.05, 0) is 43.9 Å². The second-order valence-corrected chi connectivity index (χ2v) is 4.70. The van der Waals surface area contributed by atoms with E-state index in [1.807, 2.05) is 24.4 Å². The van der Waals surface area contributed by atoms with Crippen molar-refractivity contribution >= 4 is 10.9 Å². The van der Waals surface area contributed by atoms with Crippen molar-refractivity contribution < 1.29 is 4.74 Å². The quantitative estimate of drug-likeness (QED) is 0.736. The molecule has 0 aliphatic heterocycles. The lowest BCUT2D eigenvalue weighted by molar-refractivity contribution is 0.239. The SMILES string of the molecule is C1=CC(Oc2cccc3cccnc23)CCCC1. The summed E-state index contributed by atoms with van der Waals surface area (Å²) in [4.78, 5) is 4.42. The zero-order valence-corrected chi connectivity index (χ0v) is 10.4. The molecule has 1 aliphatic rings. The molecule has 0 radical (unpaired) electrons. The van der Waals surface area contributed by atoms with Gasteiger partial charge in [-0.2, -0.15) is 0 Å². The van der Waals surface area contributed by atoms with Crippen molar-refractivity contribution in [3.05, 3.63) is 48.7 Å². The molecule has 0 amide bonds. The molecule has 92 valence electrons. The lowest BCUT2D eigenvalue weighted by Crippen LogP contribution is -2.12. The molecular weight excluding hydrogens is 222 g/mol. The van der Waals surface area contributed by atoms with Crippen LogP contribution in [0.3, 0.4) is 0 Å². The van der Waals surface area contributed by atoms with Crippen LogP contribution in [0.4, 0.5) is 0 Å². The van der Waals surface area contributed by atoms with Crippen LogP contribution < -0.4 is 4.74 Å². The molecule has 1 unspecified atom stereocenters. The summed E-state index contributed by atoms with van der Waals surface area (Å²) in [6.45, 7) is 0. The maximum Gasteiger partial charge on any atom is 0.146 e. The van der Waals surface area contributed by atoms with E-state index in [0.717, 1.165) is 23.1 Å². The highest BCUT2D eigenvalue weighted by molar-refractivity contribution is 5.84. The fraction of sp³-hybridized carbons (Fsp3) is 0.312. The Morgan fingerprint density at radius 3 is 3.06 bits per heavy atom. The van der Waals surface area contributed by atoms with Gasteiger partial charge in [0.1, 0.15) is 17.4 Å². The van der Waals surface area contributed by atoms with E-state index in [9.17, 15) is 0 Å². The zero-order valence-electron chi connectivity index (χ0n) is 10.4. The van der Waals surface area contributed by atoms with Crippen molar-refractivity contribution in [3.63, 3.8) is 0 Å². The Hall–Kier alpha value is -1.83. The summed E-state index contributed by atoms with van der Waals surface area (Å²) in [7, 11) is 0. The standard InChI is InChI=1S/C16H17NO/c1-2-4-10-14(9-3-1)18-15-11-5-7-13-8-6-12-17-16(13)15/h3,5-9,11-12,14H,1-2,4,10H2. The number of ether oxygens (including phenoxy) is 1.